The van der Waals surface area contributed by atoms with Crippen molar-refractivity contribution in [2.75, 3.05) is 5.32 Å². The highest BCUT2D eigenvalue weighted by Crippen LogP contribution is 2.36. The van der Waals surface area contributed by atoms with Gasteiger partial charge in [-0.15, -0.1) is 0 Å². The van der Waals surface area contributed by atoms with Crippen LogP contribution in [0, 0.1) is 0 Å². The lowest BCUT2D eigenvalue weighted by molar-refractivity contribution is -0.116. The van der Waals surface area contributed by atoms with Crippen LogP contribution >= 0.6 is 0 Å². The van der Waals surface area contributed by atoms with Gasteiger partial charge in [-0.05, 0) is 50.1 Å². The van der Waals surface area contributed by atoms with E-state index in [4.69, 9.17) is 4.42 Å². The van der Waals surface area contributed by atoms with E-state index in [9.17, 15) is 9.59 Å². The topological polar surface area (TPSA) is 80.4 Å². The van der Waals surface area contributed by atoms with Crippen molar-refractivity contribution >= 4 is 17.5 Å². The van der Waals surface area contributed by atoms with Gasteiger partial charge >= 0.3 is 0 Å². The molecule has 3 aromatic rings. The number of amides is 2. The minimum Gasteiger partial charge on any atom is -0.467 e. The Morgan fingerprint density at radius 1 is 1.31 bits per heavy atom. The number of nitrogens with one attached hydrogen (secondary N) is 1. The molecule has 1 fully saturated rings. The summed E-state index contributed by atoms with van der Waals surface area (Å²) in [5.41, 5.74) is 1.18. The summed E-state index contributed by atoms with van der Waals surface area (Å²) in [6, 6.07) is 10.9. The van der Waals surface area contributed by atoms with Crippen LogP contribution in [0.3, 0.4) is 0 Å². The number of carbonyl (C=O) groups excluding carboxylic acids is 2. The number of aryl methyl sites for hydroxylation is 1. The molecule has 150 valence electrons. The van der Waals surface area contributed by atoms with E-state index in [1.54, 1.807) is 43.1 Å². The molecule has 1 saturated carbocycles. The third-order valence-electron chi connectivity index (χ3n) is 5.10. The molecule has 0 saturated heterocycles. The van der Waals surface area contributed by atoms with Gasteiger partial charge in [0.15, 0.2) is 0 Å². The molecule has 29 heavy (non-hydrogen) atoms. The Labute approximate surface area is 169 Å². The summed E-state index contributed by atoms with van der Waals surface area (Å²) in [6.45, 7) is 2.54. The van der Waals surface area contributed by atoms with Crippen LogP contribution in [0.25, 0.3) is 0 Å². The molecule has 2 amide bonds. The van der Waals surface area contributed by atoms with E-state index < -0.39 is 0 Å². The number of aromatic nitrogens is 2. The third-order valence-corrected chi connectivity index (χ3v) is 5.10. The van der Waals surface area contributed by atoms with E-state index in [1.807, 2.05) is 34.7 Å². The second-order valence-corrected chi connectivity index (χ2v) is 7.31. The van der Waals surface area contributed by atoms with Crippen molar-refractivity contribution in [3.8, 4) is 0 Å². The summed E-state index contributed by atoms with van der Waals surface area (Å²) >= 11 is 0. The van der Waals surface area contributed by atoms with Gasteiger partial charge in [-0.2, -0.15) is 0 Å². The number of anilines is 1. The second kappa shape index (κ2) is 8.34. The van der Waals surface area contributed by atoms with Crippen LogP contribution < -0.4 is 5.32 Å². The van der Waals surface area contributed by atoms with Gasteiger partial charge in [0.1, 0.15) is 5.76 Å². The first-order valence-electron chi connectivity index (χ1n) is 9.83. The Kier molecular flexibility index (Phi) is 5.46. The molecule has 0 aliphatic heterocycles. The molecular weight excluding hydrogens is 368 g/mol. The van der Waals surface area contributed by atoms with Gasteiger partial charge in [-0.1, -0.05) is 6.07 Å². The number of hydrogen-bond acceptors (Lipinski definition) is 4. The van der Waals surface area contributed by atoms with E-state index >= 15 is 0 Å². The first-order valence-corrected chi connectivity index (χ1v) is 9.83. The van der Waals surface area contributed by atoms with Crippen LogP contribution in [-0.4, -0.2) is 32.3 Å². The predicted molar refractivity (Wildman–Crippen MR) is 108 cm³/mol. The highest BCUT2D eigenvalue weighted by Gasteiger charge is 2.37. The van der Waals surface area contributed by atoms with Crippen molar-refractivity contribution in [1.82, 2.24) is 14.5 Å². The number of imidazole rings is 1. The average Bonchev–Trinajstić information content (AvgIpc) is 3.20. The van der Waals surface area contributed by atoms with Crippen molar-refractivity contribution in [3.05, 3.63) is 72.7 Å². The van der Waals surface area contributed by atoms with Gasteiger partial charge in [0.05, 0.1) is 18.6 Å². The Morgan fingerprint density at radius 2 is 2.17 bits per heavy atom. The number of furan rings is 1. The fourth-order valence-corrected chi connectivity index (χ4v) is 3.43. The molecule has 2 heterocycles. The molecular formula is C22H24N4O3. The molecule has 0 bridgehead atoms. The number of rotatable bonds is 8. The predicted octanol–water partition coefficient (Wildman–Crippen LogP) is 3.87. The van der Waals surface area contributed by atoms with Gasteiger partial charge in [0, 0.05) is 42.7 Å². The van der Waals surface area contributed by atoms with Crippen LogP contribution in [0.1, 0.15) is 48.3 Å². The lowest BCUT2D eigenvalue weighted by Crippen LogP contribution is -2.35. The van der Waals surface area contributed by atoms with Crippen LogP contribution in [0.4, 0.5) is 5.69 Å². The van der Waals surface area contributed by atoms with Crippen molar-refractivity contribution in [1.29, 1.82) is 0 Å². The zero-order chi connectivity index (χ0) is 20.2. The zero-order valence-corrected chi connectivity index (χ0v) is 16.3. The lowest BCUT2D eigenvalue weighted by Gasteiger charge is -2.28. The molecule has 7 heteroatoms. The molecule has 0 radical (unpaired) electrons. The molecule has 7 nitrogen and oxygen atoms in total. The Balaban J connectivity index is 1.44. The van der Waals surface area contributed by atoms with E-state index in [1.165, 1.54) is 0 Å². The highest BCUT2D eigenvalue weighted by atomic mass is 16.3. The van der Waals surface area contributed by atoms with Gasteiger partial charge in [0.25, 0.3) is 5.91 Å². The monoisotopic (exact) mass is 392 g/mol. The first kappa shape index (κ1) is 19.0. The van der Waals surface area contributed by atoms with E-state index in [0.717, 1.165) is 18.6 Å². The summed E-state index contributed by atoms with van der Waals surface area (Å²) in [7, 11) is 0. The number of carbonyl (C=O) groups is 2. The fraction of sp³-hybridized carbons (Fsp3) is 0.318. The molecule has 1 aliphatic rings. The lowest BCUT2D eigenvalue weighted by atomic mass is 10.1. The van der Waals surface area contributed by atoms with Crippen molar-refractivity contribution in [2.45, 2.75) is 44.8 Å². The van der Waals surface area contributed by atoms with Crippen molar-refractivity contribution in [2.24, 2.45) is 0 Å². The Bertz CT molecular complexity index is 962. The minimum atomic E-state index is -0.140. The molecule has 1 N–H and O–H groups in total. The molecule has 1 unspecified atom stereocenters. The Morgan fingerprint density at radius 3 is 2.86 bits per heavy atom. The highest BCUT2D eigenvalue weighted by molar-refractivity contribution is 5.97. The first-order chi connectivity index (χ1) is 14.1. The van der Waals surface area contributed by atoms with Gasteiger partial charge in [0.2, 0.25) is 5.91 Å². The number of nitrogens with zero attached hydrogens (tertiary/aromatic N) is 3. The van der Waals surface area contributed by atoms with E-state index in [2.05, 4.69) is 10.3 Å². The summed E-state index contributed by atoms with van der Waals surface area (Å²) in [4.78, 5) is 31.3. The van der Waals surface area contributed by atoms with Gasteiger partial charge in [-0.3, -0.25) is 9.59 Å². The molecule has 1 aromatic carbocycles. The summed E-state index contributed by atoms with van der Waals surface area (Å²) < 4.78 is 7.37. The van der Waals surface area contributed by atoms with Gasteiger partial charge in [-0.25, -0.2) is 4.98 Å². The molecule has 2 aromatic heterocycles. The van der Waals surface area contributed by atoms with Crippen LogP contribution in [0.2, 0.25) is 0 Å². The quantitative estimate of drug-likeness (QED) is 0.631. The second-order valence-electron chi connectivity index (χ2n) is 7.31. The zero-order valence-electron chi connectivity index (χ0n) is 16.3. The minimum absolute atomic E-state index is 0.0501. The van der Waals surface area contributed by atoms with Crippen LogP contribution in [0.15, 0.2) is 65.8 Å². The standard InChI is InChI=1S/C22H24N4O3/c1-16(20-6-3-13-29-20)26(19-7-8-19)22(28)17-4-2-5-18(14-17)24-21(27)9-11-25-12-10-23-15-25/h2-6,10,12-16,19H,7-9,11H2,1H3,(H,24,27). The summed E-state index contributed by atoms with van der Waals surface area (Å²) in [6.07, 6.45) is 9.14. The summed E-state index contributed by atoms with van der Waals surface area (Å²) in [5, 5.41) is 2.88. The fourth-order valence-electron chi connectivity index (χ4n) is 3.43. The van der Waals surface area contributed by atoms with Gasteiger partial charge < -0.3 is 19.2 Å². The number of hydrogen-bond donors (Lipinski definition) is 1. The SMILES string of the molecule is CC(c1ccco1)N(C(=O)c1cccc(NC(=O)CCn2ccnc2)c1)C1CC1. The van der Waals surface area contributed by atoms with E-state index in [-0.39, 0.29) is 23.9 Å². The normalized spacial score (nSPS) is 14.4. The van der Waals surface area contributed by atoms with E-state index in [0.29, 0.717) is 24.2 Å². The maximum atomic E-state index is 13.2. The smallest absolute Gasteiger partial charge is 0.254 e. The maximum absolute atomic E-state index is 13.2. The number of benzene rings is 1. The molecule has 4 rings (SSSR count). The van der Waals surface area contributed by atoms with Crippen molar-refractivity contribution < 1.29 is 14.0 Å². The van der Waals surface area contributed by atoms with Crippen LogP contribution in [0.5, 0.6) is 0 Å². The third kappa shape index (κ3) is 4.56. The molecule has 1 atom stereocenters. The maximum Gasteiger partial charge on any atom is 0.254 e. The average molecular weight is 392 g/mol. The Hall–Kier alpha value is -3.35. The summed E-state index contributed by atoms with van der Waals surface area (Å²) in [5.74, 6) is 0.617. The molecule has 0 spiro atoms. The molecule has 1 aliphatic carbocycles. The van der Waals surface area contributed by atoms with Crippen molar-refractivity contribution in [3.63, 3.8) is 0 Å². The largest absolute Gasteiger partial charge is 0.467 e. The van der Waals surface area contributed by atoms with Crippen LogP contribution in [-0.2, 0) is 11.3 Å².